The van der Waals surface area contributed by atoms with Crippen molar-refractivity contribution < 1.29 is 24.6 Å². The Morgan fingerprint density at radius 1 is 1.26 bits per heavy atom. The Morgan fingerprint density at radius 3 is 2.47 bits per heavy atom. The van der Waals surface area contributed by atoms with Crippen LogP contribution < -0.4 is 0 Å². The summed E-state index contributed by atoms with van der Waals surface area (Å²) >= 11 is 0. The van der Waals surface area contributed by atoms with E-state index in [0.717, 1.165) is 0 Å². The van der Waals surface area contributed by atoms with Gasteiger partial charge in [-0.05, 0) is 6.42 Å². The second-order valence-electron chi connectivity index (χ2n) is 4.26. The first-order valence-electron chi connectivity index (χ1n) is 5.61. The van der Waals surface area contributed by atoms with Crippen LogP contribution in [0.2, 0.25) is 0 Å². The third-order valence-corrected chi connectivity index (χ3v) is 3.15. The van der Waals surface area contributed by atoms with Crippen LogP contribution in [0, 0.1) is 11.8 Å². The highest BCUT2D eigenvalue weighted by Gasteiger charge is 2.40. The van der Waals surface area contributed by atoms with E-state index in [1.54, 1.807) is 0 Å². The van der Waals surface area contributed by atoms with Gasteiger partial charge in [0.05, 0.1) is 11.8 Å². The number of aromatic nitrogens is 3. The maximum atomic E-state index is 12.0. The van der Waals surface area contributed by atoms with Gasteiger partial charge in [-0.3, -0.25) is 19.5 Å². The van der Waals surface area contributed by atoms with E-state index >= 15 is 0 Å². The van der Waals surface area contributed by atoms with E-state index in [0.29, 0.717) is 0 Å². The van der Waals surface area contributed by atoms with E-state index in [1.165, 1.54) is 11.2 Å². The number of amides is 1. The summed E-state index contributed by atoms with van der Waals surface area (Å²) in [6, 6.07) is 0. The number of carboxylic acids is 2. The molecule has 1 aromatic heterocycles. The Labute approximate surface area is 107 Å². The molecular formula is C10H12N4O5. The van der Waals surface area contributed by atoms with Gasteiger partial charge in [-0.25, -0.2) is 4.98 Å². The van der Waals surface area contributed by atoms with Crippen LogP contribution in [0.5, 0.6) is 0 Å². The molecule has 9 heteroatoms. The van der Waals surface area contributed by atoms with Crippen LogP contribution in [-0.2, 0) is 9.59 Å². The molecule has 2 rings (SSSR count). The standard InChI is InChI=1S/C10H12N4O5/c15-8(7-11-4-12-13-7)14-2-1-5(9(16)17)6(3-14)10(18)19/h4-6H,1-3H2,(H,16,17)(H,18,19)(H,11,12,13). The van der Waals surface area contributed by atoms with Gasteiger partial charge < -0.3 is 15.1 Å². The van der Waals surface area contributed by atoms with Crippen molar-refractivity contribution in [1.29, 1.82) is 0 Å². The lowest BCUT2D eigenvalue weighted by Crippen LogP contribution is -2.48. The molecular weight excluding hydrogens is 256 g/mol. The number of nitrogens with one attached hydrogen (secondary N) is 1. The largest absolute Gasteiger partial charge is 0.481 e. The molecule has 3 N–H and O–H groups in total. The first kappa shape index (κ1) is 13.0. The summed E-state index contributed by atoms with van der Waals surface area (Å²) in [7, 11) is 0. The topological polar surface area (TPSA) is 136 Å². The minimum atomic E-state index is -1.22. The molecule has 0 radical (unpaired) electrons. The summed E-state index contributed by atoms with van der Waals surface area (Å²) in [4.78, 5) is 39.0. The summed E-state index contributed by atoms with van der Waals surface area (Å²) < 4.78 is 0. The van der Waals surface area contributed by atoms with E-state index in [4.69, 9.17) is 10.2 Å². The molecule has 1 aliphatic rings. The van der Waals surface area contributed by atoms with Crippen LogP contribution >= 0.6 is 0 Å². The van der Waals surface area contributed by atoms with Crippen molar-refractivity contribution in [1.82, 2.24) is 20.1 Å². The maximum Gasteiger partial charge on any atom is 0.309 e. The summed E-state index contributed by atoms with van der Waals surface area (Å²) in [5, 5.41) is 24.0. The number of carboxylic acid groups (broad SMARTS) is 2. The van der Waals surface area contributed by atoms with Crippen LogP contribution in [0.4, 0.5) is 0 Å². The van der Waals surface area contributed by atoms with Gasteiger partial charge in [-0.15, -0.1) is 0 Å². The Kier molecular flexibility index (Phi) is 3.45. The molecule has 2 atom stereocenters. The van der Waals surface area contributed by atoms with Gasteiger partial charge >= 0.3 is 11.9 Å². The molecule has 1 saturated heterocycles. The molecule has 1 fully saturated rings. The van der Waals surface area contributed by atoms with Crippen molar-refractivity contribution in [2.24, 2.45) is 11.8 Å². The molecule has 0 aliphatic carbocycles. The first-order chi connectivity index (χ1) is 9.00. The zero-order valence-corrected chi connectivity index (χ0v) is 9.81. The van der Waals surface area contributed by atoms with E-state index in [1.807, 2.05) is 0 Å². The number of aliphatic carboxylic acids is 2. The van der Waals surface area contributed by atoms with Crippen molar-refractivity contribution in [2.75, 3.05) is 13.1 Å². The highest BCUT2D eigenvalue weighted by Crippen LogP contribution is 2.25. The fourth-order valence-electron chi connectivity index (χ4n) is 2.14. The first-order valence-corrected chi connectivity index (χ1v) is 5.61. The molecule has 0 saturated carbocycles. The van der Waals surface area contributed by atoms with Crippen LogP contribution in [-0.4, -0.2) is 61.2 Å². The van der Waals surface area contributed by atoms with Crippen molar-refractivity contribution in [3.05, 3.63) is 12.2 Å². The predicted octanol–water partition coefficient (Wildman–Crippen LogP) is -0.948. The van der Waals surface area contributed by atoms with Gasteiger partial charge in [0.2, 0.25) is 5.82 Å². The highest BCUT2D eigenvalue weighted by atomic mass is 16.4. The smallest absolute Gasteiger partial charge is 0.309 e. The van der Waals surface area contributed by atoms with Crippen LogP contribution in [0.1, 0.15) is 17.0 Å². The predicted molar refractivity (Wildman–Crippen MR) is 59.2 cm³/mol. The quantitative estimate of drug-likeness (QED) is 0.642. The zero-order valence-electron chi connectivity index (χ0n) is 9.81. The second kappa shape index (κ2) is 5.04. The fourth-order valence-corrected chi connectivity index (χ4v) is 2.14. The van der Waals surface area contributed by atoms with Gasteiger partial charge in [0.25, 0.3) is 5.91 Å². The Balaban J connectivity index is 2.13. The lowest BCUT2D eigenvalue weighted by molar-refractivity contribution is -0.156. The van der Waals surface area contributed by atoms with E-state index in [-0.39, 0.29) is 25.3 Å². The summed E-state index contributed by atoms with van der Waals surface area (Å²) in [5.41, 5.74) is 0. The Bertz CT molecular complexity index is 500. The summed E-state index contributed by atoms with van der Waals surface area (Å²) in [6.45, 7) is 0.0338. The van der Waals surface area contributed by atoms with E-state index in [9.17, 15) is 14.4 Å². The number of likely N-dealkylation sites (tertiary alicyclic amines) is 1. The van der Waals surface area contributed by atoms with Gasteiger partial charge in [0.1, 0.15) is 6.33 Å². The number of hydrogen-bond donors (Lipinski definition) is 3. The van der Waals surface area contributed by atoms with Gasteiger partial charge in [0, 0.05) is 13.1 Å². The number of hydrogen-bond acceptors (Lipinski definition) is 5. The maximum absolute atomic E-state index is 12.0. The highest BCUT2D eigenvalue weighted by molar-refractivity contribution is 5.91. The molecule has 1 amide bonds. The number of piperidine rings is 1. The van der Waals surface area contributed by atoms with Crippen LogP contribution in [0.25, 0.3) is 0 Å². The van der Waals surface area contributed by atoms with Crippen LogP contribution in [0.3, 0.4) is 0 Å². The zero-order chi connectivity index (χ0) is 14.0. The number of H-pyrrole nitrogens is 1. The minimum Gasteiger partial charge on any atom is -0.481 e. The molecule has 0 bridgehead atoms. The number of nitrogens with zero attached hydrogens (tertiary/aromatic N) is 3. The molecule has 2 unspecified atom stereocenters. The molecule has 0 spiro atoms. The second-order valence-corrected chi connectivity index (χ2v) is 4.26. The van der Waals surface area contributed by atoms with Crippen molar-refractivity contribution in [3.63, 3.8) is 0 Å². The molecule has 1 aromatic rings. The number of aromatic amines is 1. The van der Waals surface area contributed by atoms with Gasteiger partial charge in [-0.1, -0.05) is 0 Å². The normalized spacial score (nSPS) is 23.1. The van der Waals surface area contributed by atoms with Crippen molar-refractivity contribution >= 4 is 17.8 Å². The summed E-state index contributed by atoms with van der Waals surface area (Å²) in [6.07, 6.45) is 1.28. The fraction of sp³-hybridized carbons (Fsp3) is 0.500. The molecule has 1 aliphatic heterocycles. The monoisotopic (exact) mass is 268 g/mol. The SMILES string of the molecule is O=C(O)C1CCN(C(=O)c2ncn[nH]2)CC1C(=O)O. The van der Waals surface area contributed by atoms with Crippen molar-refractivity contribution in [2.45, 2.75) is 6.42 Å². The third kappa shape index (κ3) is 2.54. The van der Waals surface area contributed by atoms with Gasteiger partial charge in [0.15, 0.2) is 0 Å². The number of rotatable bonds is 3. The lowest BCUT2D eigenvalue weighted by Gasteiger charge is -2.33. The molecule has 102 valence electrons. The van der Waals surface area contributed by atoms with Gasteiger partial charge in [-0.2, -0.15) is 5.10 Å². The Hall–Kier alpha value is -2.45. The molecule has 9 nitrogen and oxygen atoms in total. The van der Waals surface area contributed by atoms with Crippen molar-refractivity contribution in [3.8, 4) is 0 Å². The average Bonchev–Trinajstić information content (AvgIpc) is 2.90. The minimum absolute atomic E-state index is 0.0120. The van der Waals surface area contributed by atoms with Crippen LogP contribution in [0.15, 0.2) is 6.33 Å². The summed E-state index contributed by atoms with van der Waals surface area (Å²) in [5.74, 6) is -4.93. The molecule has 2 heterocycles. The lowest BCUT2D eigenvalue weighted by atomic mass is 9.85. The van der Waals surface area contributed by atoms with E-state index < -0.39 is 29.7 Å². The average molecular weight is 268 g/mol. The molecule has 0 aromatic carbocycles. The third-order valence-electron chi connectivity index (χ3n) is 3.15. The number of carbonyl (C=O) groups is 3. The number of carbonyl (C=O) groups excluding carboxylic acids is 1. The molecule has 19 heavy (non-hydrogen) atoms. The van der Waals surface area contributed by atoms with E-state index in [2.05, 4.69) is 15.2 Å². The Morgan fingerprint density at radius 2 is 1.95 bits per heavy atom.